The van der Waals surface area contributed by atoms with Crippen LogP contribution in [0.4, 0.5) is 0 Å². The van der Waals surface area contributed by atoms with E-state index in [0.717, 1.165) is 44.0 Å². The number of hydrogen-bond acceptors (Lipinski definition) is 2. The van der Waals surface area contributed by atoms with Crippen molar-refractivity contribution < 1.29 is 23.0 Å². The van der Waals surface area contributed by atoms with E-state index in [1.54, 1.807) is 24.3 Å². The maximum atomic E-state index is 9.35. The van der Waals surface area contributed by atoms with Crippen molar-refractivity contribution in [1.29, 1.82) is 0 Å². The zero-order chi connectivity index (χ0) is 55.6. The zero-order valence-electron chi connectivity index (χ0n) is 48.3. The second-order valence-corrected chi connectivity index (χ2v) is 18.3. The molecule has 0 N–H and O–H groups in total. The minimum atomic E-state index is -0.532. The molecule has 0 radical (unpaired) electrons. The first-order valence-corrected chi connectivity index (χ1v) is 23.1. The van der Waals surface area contributed by atoms with Crippen molar-refractivity contribution in [1.82, 2.24) is 18.7 Å². The average Bonchev–Trinajstić information content (AvgIpc) is 4.27. The summed E-state index contributed by atoms with van der Waals surface area (Å²) in [6, 6.07) is 47.9. The molecule has 334 valence electrons. The Labute approximate surface area is 420 Å². The van der Waals surface area contributed by atoms with Crippen molar-refractivity contribution >= 4 is 54.6 Å². The van der Waals surface area contributed by atoms with E-state index < -0.39 is 48.3 Å². The highest BCUT2D eigenvalue weighted by molar-refractivity contribution is 6.14. The Morgan fingerprint density at radius 3 is 1.91 bits per heavy atom. The fourth-order valence-electron chi connectivity index (χ4n) is 9.90. The number of ether oxygens (including phenoxy) is 1. The molecule has 6 nitrogen and oxygen atoms in total. The van der Waals surface area contributed by atoms with Gasteiger partial charge in [-0.1, -0.05) is 178 Å². The largest absolute Gasteiger partial charge is 0.458 e. The van der Waals surface area contributed by atoms with Crippen LogP contribution in [0.2, 0.25) is 0 Å². The number of hydrogen-bond donors (Lipinski definition) is 0. The van der Waals surface area contributed by atoms with E-state index in [1.807, 2.05) is 129 Å². The van der Waals surface area contributed by atoms with Crippen molar-refractivity contribution in [2.45, 2.75) is 26.2 Å². The molecule has 0 saturated heterocycles. The average molecular weight is 912 g/mol. The Morgan fingerprint density at radius 2 is 1.14 bits per heavy atom. The van der Waals surface area contributed by atoms with E-state index in [2.05, 4.69) is 62.0 Å². The number of pyridine rings is 1. The Kier molecular flexibility index (Phi) is 7.45. The molecule has 0 unspecified atom stereocenters. The predicted octanol–water partition coefficient (Wildman–Crippen LogP) is 15.7. The molecule has 13 aromatic rings. The van der Waals surface area contributed by atoms with Crippen LogP contribution in [0.3, 0.4) is 0 Å². The molecule has 0 aliphatic rings. The van der Waals surface area contributed by atoms with E-state index in [0.29, 0.717) is 61.8 Å². The maximum absolute atomic E-state index is 9.35. The maximum Gasteiger partial charge on any atom is 0.269 e. The molecule has 0 aliphatic heterocycles. The normalized spacial score (nSPS) is 13.9. The van der Waals surface area contributed by atoms with Crippen LogP contribution >= 0.6 is 0 Å². The van der Waals surface area contributed by atoms with Gasteiger partial charge in [0.25, 0.3) is 6.33 Å². The molecule has 0 amide bonds. The van der Waals surface area contributed by atoms with Gasteiger partial charge < -0.3 is 9.30 Å². The second-order valence-electron chi connectivity index (χ2n) is 18.3. The van der Waals surface area contributed by atoms with Crippen molar-refractivity contribution in [3.8, 4) is 56.6 Å². The molecular formula is C64H47N5O. The molecule has 0 aliphatic carbocycles. The summed E-state index contributed by atoms with van der Waals surface area (Å²) in [5.41, 5.74) is 7.78. The smallest absolute Gasteiger partial charge is 0.269 e. The first-order valence-electron chi connectivity index (χ1n) is 28.1. The summed E-state index contributed by atoms with van der Waals surface area (Å²) >= 11 is 0. The van der Waals surface area contributed by atoms with E-state index in [9.17, 15) is 2.74 Å². The number of fused-ring (bicyclic) bond motifs is 7. The minimum Gasteiger partial charge on any atom is -0.458 e. The van der Waals surface area contributed by atoms with Gasteiger partial charge in [0.15, 0.2) is 0 Å². The molecular weight excluding hydrogens is 855 g/mol. The van der Waals surface area contributed by atoms with Crippen molar-refractivity contribution in [3.05, 3.63) is 242 Å². The molecule has 9 aromatic carbocycles. The van der Waals surface area contributed by atoms with Gasteiger partial charge in [-0.2, -0.15) is 0 Å². The van der Waals surface area contributed by atoms with E-state index in [1.165, 1.54) is 0 Å². The summed E-state index contributed by atoms with van der Waals surface area (Å²) in [6.07, 6.45) is 5.50. The first kappa shape index (κ1) is 31.9. The Morgan fingerprint density at radius 1 is 0.529 bits per heavy atom. The third kappa shape index (κ3) is 6.79. The first-order chi connectivity index (χ1) is 38.5. The third-order valence-electron chi connectivity index (χ3n) is 13.1. The second kappa shape index (κ2) is 16.4. The molecule has 0 atom stereocenters. The van der Waals surface area contributed by atoms with Crippen LogP contribution < -0.4 is 9.30 Å². The van der Waals surface area contributed by atoms with Crippen molar-refractivity contribution in [2.75, 3.05) is 0 Å². The number of nitrogens with zero attached hydrogens (tertiary/aromatic N) is 5. The number of imidazole rings is 1. The summed E-state index contributed by atoms with van der Waals surface area (Å²) in [6.45, 7) is 6.56. The molecule has 0 saturated carbocycles. The molecule has 0 spiro atoms. The van der Waals surface area contributed by atoms with Gasteiger partial charge in [-0.25, -0.2) is 4.98 Å². The summed E-state index contributed by atoms with van der Waals surface area (Å²) in [5, 5.41) is 3.67. The van der Waals surface area contributed by atoms with Gasteiger partial charge in [0.1, 0.15) is 17.3 Å². The van der Waals surface area contributed by atoms with Crippen LogP contribution in [-0.2, 0) is 5.41 Å². The highest BCUT2D eigenvalue weighted by Gasteiger charge is 2.24. The lowest BCUT2D eigenvalue weighted by atomic mass is 9.88. The van der Waals surface area contributed by atoms with E-state index >= 15 is 0 Å². The minimum absolute atomic E-state index is 0.0112. The highest BCUT2D eigenvalue weighted by Crippen LogP contribution is 2.42. The number of aromatic nitrogens is 5. The van der Waals surface area contributed by atoms with Crippen molar-refractivity contribution in [2.24, 2.45) is 0 Å². The van der Waals surface area contributed by atoms with Gasteiger partial charge in [0.05, 0.1) is 63.9 Å². The van der Waals surface area contributed by atoms with Gasteiger partial charge in [0.2, 0.25) is 0 Å². The summed E-state index contributed by atoms with van der Waals surface area (Å²) < 4.78 is 104. The van der Waals surface area contributed by atoms with Gasteiger partial charge in [-0.05, 0) is 88.3 Å². The molecule has 6 heteroatoms. The number of para-hydroxylation sites is 6. The van der Waals surface area contributed by atoms with Gasteiger partial charge in [0, 0.05) is 39.4 Å². The fraction of sp³-hybridized carbons (Fsp3) is 0.0625. The van der Waals surface area contributed by atoms with E-state index in [-0.39, 0.29) is 28.6 Å². The Hall–Kier alpha value is -9.00. The van der Waals surface area contributed by atoms with Gasteiger partial charge in [-0.15, -0.1) is 0 Å². The lowest BCUT2D eigenvalue weighted by Crippen LogP contribution is -2.32. The standard InChI is InChI=1S/C64H47N5O/c1-64(2,3)45-37-38-65-61(39-45)68-55-30-12-10-25-51(55)53-36-35-48(41-60(53)68)70-47-24-16-23-46(40-47)66-42-67(58-33-15-14-32-57(58)66)63-50(44-21-8-5-9-22-44)28-18-34-59(63)69-56-31-13-11-26-52(56)54-29-17-27-49(62(54)69)43-19-6-4-7-20-43/h4-41H,1-3H3/i4D,5D,6D,7D,8D,9D,19D,20D,21D,22D. The molecule has 0 fully saturated rings. The molecule has 13 rings (SSSR count). The highest BCUT2D eigenvalue weighted by atomic mass is 16.5. The van der Waals surface area contributed by atoms with Crippen LogP contribution in [0.25, 0.3) is 99.8 Å². The molecule has 70 heavy (non-hydrogen) atoms. The van der Waals surface area contributed by atoms with Crippen molar-refractivity contribution in [3.63, 3.8) is 0 Å². The van der Waals surface area contributed by atoms with Crippen LogP contribution in [-0.4, -0.2) is 18.7 Å². The summed E-state index contributed by atoms with van der Waals surface area (Å²) in [7, 11) is 0. The SMILES string of the molecule is [2H]c1c([2H])c([2H])c(-c2cccc(-n3c4ccccc4c4cccc(-c5c([2H])c([2H])c([2H])c([2H])c5[2H])c43)c2-[n+]2[c-]n(-c3cccc(Oc4ccc5c6ccccc6n(-c6cc(C(C)(C)C)ccn6)c5c4)c3)c3ccccc32)c([2H])c1[2H]. The zero-order valence-corrected chi connectivity index (χ0v) is 38.3. The van der Waals surface area contributed by atoms with Crippen LogP contribution in [0.1, 0.15) is 40.0 Å². The van der Waals surface area contributed by atoms with Crippen LogP contribution in [0.5, 0.6) is 11.5 Å². The Bertz CT molecular complexity index is 4710. The molecule has 4 heterocycles. The topological polar surface area (TPSA) is 40.8 Å². The monoisotopic (exact) mass is 911 g/mol. The van der Waals surface area contributed by atoms with Gasteiger partial charge >= 0.3 is 0 Å². The molecule has 4 aromatic heterocycles. The third-order valence-corrected chi connectivity index (χ3v) is 13.1. The number of benzene rings is 9. The summed E-state index contributed by atoms with van der Waals surface area (Å²) in [5.74, 6) is 1.95. The Balaban J connectivity index is 1.03. The van der Waals surface area contributed by atoms with E-state index in [4.69, 9.17) is 20.7 Å². The predicted molar refractivity (Wildman–Crippen MR) is 286 cm³/mol. The molecule has 0 bridgehead atoms. The lowest BCUT2D eigenvalue weighted by molar-refractivity contribution is -0.571. The quantitative estimate of drug-likeness (QED) is 0.113. The van der Waals surface area contributed by atoms with Crippen LogP contribution in [0.15, 0.2) is 230 Å². The van der Waals surface area contributed by atoms with Gasteiger partial charge in [-0.3, -0.25) is 13.7 Å². The summed E-state index contributed by atoms with van der Waals surface area (Å²) in [4.78, 5) is 4.86. The lowest BCUT2D eigenvalue weighted by Gasteiger charge is -2.20. The number of rotatable bonds is 8. The fourth-order valence-corrected chi connectivity index (χ4v) is 9.90. The van der Waals surface area contributed by atoms with Crippen LogP contribution in [0, 0.1) is 6.33 Å².